The minimum atomic E-state index is 0. The number of halogens is 1. The zero-order valence-corrected chi connectivity index (χ0v) is 18.6. The van der Waals surface area contributed by atoms with Crippen LogP contribution in [-0.4, -0.2) is 4.57 Å². The molecule has 1 aromatic heterocycles. The topological polar surface area (TPSA) is 28.8 Å². The number of pyridine rings is 1. The van der Waals surface area contributed by atoms with Crippen LogP contribution in [0.5, 0.6) is 0 Å². The summed E-state index contributed by atoms with van der Waals surface area (Å²) >= 11 is 0. The van der Waals surface area contributed by atoms with E-state index in [2.05, 4.69) is 11.5 Å². The number of aromatic nitrogens is 1. The van der Waals surface area contributed by atoms with Gasteiger partial charge in [0.2, 0.25) is 0 Å². The maximum atomic E-state index is 8.63. The zero-order valence-electron chi connectivity index (χ0n) is 16.9. The first-order valence-corrected chi connectivity index (χ1v) is 11.1. The third kappa shape index (κ3) is 5.24. The van der Waals surface area contributed by atoms with Crippen LogP contribution in [0.4, 0.5) is 0 Å². The van der Waals surface area contributed by atoms with Gasteiger partial charge in [-0.25, -0.2) is 0 Å². The van der Waals surface area contributed by atoms with Crippen molar-refractivity contribution in [3.8, 4) is 0 Å². The van der Waals surface area contributed by atoms with Crippen molar-refractivity contribution in [2.45, 2.75) is 116 Å². The molecule has 0 spiro atoms. The van der Waals surface area contributed by atoms with Gasteiger partial charge < -0.3 is 9.98 Å². The zero-order chi connectivity index (χ0) is 17.5. The first-order chi connectivity index (χ1) is 12.3. The highest BCUT2D eigenvalue weighted by atomic mass is 79.9. The number of nitrogens with zero attached hydrogens (tertiary/aromatic N) is 1. The van der Waals surface area contributed by atoms with Crippen molar-refractivity contribution < 1.29 is 0 Å². The molecule has 0 bridgehead atoms. The Morgan fingerprint density at radius 1 is 0.692 bits per heavy atom. The molecule has 0 aromatic carbocycles. The lowest BCUT2D eigenvalue weighted by Gasteiger charge is -2.26. The molecule has 2 aliphatic carbocycles. The molecule has 3 heteroatoms. The van der Waals surface area contributed by atoms with Crippen molar-refractivity contribution in [1.29, 1.82) is 5.41 Å². The van der Waals surface area contributed by atoms with Gasteiger partial charge in [0, 0.05) is 17.9 Å². The van der Waals surface area contributed by atoms with E-state index in [1.165, 1.54) is 119 Å². The number of unbranched alkanes of at least 4 members (excludes halogenated alkanes) is 8. The monoisotopic (exact) mass is 422 g/mol. The molecule has 0 fully saturated rings. The highest BCUT2D eigenvalue weighted by molar-refractivity contribution is 8.93. The summed E-state index contributed by atoms with van der Waals surface area (Å²) in [6.07, 6.45) is 21.2. The molecule has 1 N–H and O–H groups in total. The molecule has 0 unspecified atom stereocenters. The number of rotatable bonds is 10. The second-order valence-electron chi connectivity index (χ2n) is 8.27. The van der Waals surface area contributed by atoms with E-state index < -0.39 is 0 Å². The average molecular weight is 423 g/mol. The quantitative estimate of drug-likeness (QED) is 0.420. The molecule has 0 amide bonds. The summed E-state index contributed by atoms with van der Waals surface area (Å²) in [6, 6.07) is 0. The van der Waals surface area contributed by atoms with Crippen LogP contribution < -0.4 is 5.36 Å². The van der Waals surface area contributed by atoms with E-state index in [-0.39, 0.29) is 17.0 Å². The summed E-state index contributed by atoms with van der Waals surface area (Å²) in [5.41, 5.74) is 5.88. The molecule has 0 aliphatic heterocycles. The van der Waals surface area contributed by atoms with Gasteiger partial charge in [0.25, 0.3) is 0 Å². The minimum absolute atomic E-state index is 0. The molecule has 148 valence electrons. The number of fused-ring (bicyclic) bond motifs is 2. The summed E-state index contributed by atoms with van der Waals surface area (Å²) in [5.74, 6) is 0. The van der Waals surface area contributed by atoms with Crippen LogP contribution in [-0.2, 0) is 32.2 Å². The van der Waals surface area contributed by atoms with E-state index in [0.29, 0.717) is 0 Å². The van der Waals surface area contributed by atoms with Crippen LogP contribution in [0.1, 0.15) is 106 Å². The van der Waals surface area contributed by atoms with Crippen LogP contribution in [0.15, 0.2) is 0 Å². The maximum Gasteiger partial charge on any atom is 0.0638 e. The number of hydrogen-bond acceptors (Lipinski definition) is 1. The second-order valence-corrected chi connectivity index (χ2v) is 8.27. The predicted octanol–water partition coefficient (Wildman–Crippen LogP) is 6.44. The SMILES string of the molecule is Br.CCCCCCCCCCCn1c2c(c(=N)c3c1CCC3)CCCC2. The fraction of sp³-hybridized carbons (Fsp3) is 0.783. The van der Waals surface area contributed by atoms with Gasteiger partial charge >= 0.3 is 0 Å². The van der Waals surface area contributed by atoms with Crippen molar-refractivity contribution in [2.24, 2.45) is 0 Å². The van der Waals surface area contributed by atoms with Gasteiger partial charge in [-0.05, 0) is 62.5 Å². The molecule has 0 radical (unpaired) electrons. The largest absolute Gasteiger partial charge is 0.348 e. The molecular weight excluding hydrogens is 384 g/mol. The molecule has 3 rings (SSSR count). The van der Waals surface area contributed by atoms with E-state index in [1.807, 2.05) is 0 Å². The molecule has 2 nitrogen and oxygen atoms in total. The third-order valence-corrected chi connectivity index (χ3v) is 6.37. The fourth-order valence-electron chi connectivity index (χ4n) is 4.95. The fourth-order valence-corrected chi connectivity index (χ4v) is 4.95. The molecule has 2 aliphatic rings. The lowest BCUT2D eigenvalue weighted by atomic mass is 9.92. The first kappa shape index (κ1) is 21.7. The van der Waals surface area contributed by atoms with Crippen molar-refractivity contribution in [1.82, 2.24) is 4.57 Å². The van der Waals surface area contributed by atoms with E-state index in [4.69, 9.17) is 5.41 Å². The van der Waals surface area contributed by atoms with Crippen molar-refractivity contribution >= 4 is 17.0 Å². The Hall–Kier alpha value is -0.570. The summed E-state index contributed by atoms with van der Waals surface area (Å²) < 4.78 is 2.68. The third-order valence-electron chi connectivity index (χ3n) is 6.37. The van der Waals surface area contributed by atoms with Crippen molar-refractivity contribution in [3.63, 3.8) is 0 Å². The maximum absolute atomic E-state index is 8.63. The van der Waals surface area contributed by atoms with Crippen LogP contribution in [0.2, 0.25) is 0 Å². The number of nitrogens with one attached hydrogen (secondary N) is 1. The summed E-state index contributed by atoms with van der Waals surface area (Å²) in [7, 11) is 0. The highest BCUT2D eigenvalue weighted by Gasteiger charge is 2.23. The molecule has 0 atom stereocenters. The van der Waals surface area contributed by atoms with Gasteiger partial charge in [-0.3, -0.25) is 0 Å². The van der Waals surface area contributed by atoms with E-state index in [9.17, 15) is 0 Å². The Balaban J connectivity index is 0.00000243. The van der Waals surface area contributed by atoms with E-state index >= 15 is 0 Å². The Labute approximate surface area is 171 Å². The average Bonchev–Trinajstić information content (AvgIpc) is 3.13. The van der Waals surface area contributed by atoms with Crippen LogP contribution in [0.3, 0.4) is 0 Å². The Morgan fingerprint density at radius 2 is 1.19 bits per heavy atom. The van der Waals surface area contributed by atoms with Gasteiger partial charge in [-0.1, -0.05) is 58.3 Å². The van der Waals surface area contributed by atoms with Gasteiger partial charge in [0.15, 0.2) is 0 Å². The normalized spacial score (nSPS) is 15.4. The summed E-state index contributed by atoms with van der Waals surface area (Å²) in [5, 5.41) is 9.55. The highest BCUT2D eigenvalue weighted by Crippen LogP contribution is 2.27. The van der Waals surface area contributed by atoms with Gasteiger partial charge in [0.1, 0.15) is 0 Å². The molecule has 0 saturated carbocycles. The lowest BCUT2D eigenvalue weighted by Crippen LogP contribution is -2.27. The predicted molar refractivity (Wildman–Crippen MR) is 117 cm³/mol. The van der Waals surface area contributed by atoms with Crippen LogP contribution >= 0.6 is 17.0 Å². The van der Waals surface area contributed by atoms with Gasteiger partial charge in [-0.15, -0.1) is 17.0 Å². The standard InChI is InChI=1S/C23H38N2.BrH/c1-2-3-4-5-6-7-8-9-12-18-25-21-16-11-10-14-19(21)23(24)20-15-13-17-22(20)25;/h24H,2-18H2,1H3;1H. The number of hydrogen-bond donors (Lipinski definition) is 1. The lowest BCUT2D eigenvalue weighted by molar-refractivity contribution is 0.508. The minimum Gasteiger partial charge on any atom is -0.348 e. The molecule has 1 heterocycles. The Morgan fingerprint density at radius 3 is 1.85 bits per heavy atom. The molecular formula is C23H39BrN2. The first-order valence-electron chi connectivity index (χ1n) is 11.1. The summed E-state index contributed by atoms with van der Waals surface area (Å²) in [4.78, 5) is 0. The smallest absolute Gasteiger partial charge is 0.0638 e. The summed E-state index contributed by atoms with van der Waals surface area (Å²) in [6.45, 7) is 3.50. The van der Waals surface area contributed by atoms with Crippen molar-refractivity contribution in [2.75, 3.05) is 0 Å². The Kier molecular flexibility index (Phi) is 9.45. The van der Waals surface area contributed by atoms with E-state index in [1.54, 1.807) is 0 Å². The van der Waals surface area contributed by atoms with Gasteiger partial charge in [-0.2, -0.15) is 0 Å². The van der Waals surface area contributed by atoms with Gasteiger partial charge in [0.05, 0.1) is 5.36 Å². The van der Waals surface area contributed by atoms with Crippen LogP contribution in [0.25, 0.3) is 0 Å². The molecule has 0 saturated heterocycles. The van der Waals surface area contributed by atoms with E-state index in [0.717, 1.165) is 18.2 Å². The second kappa shape index (κ2) is 11.3. The van der Waals surface area contributed by atoms with Crippen molar-refractivity contribution in [3.05, 3.63) is 27.9 Å². The van der Waals surface area contributed by atoms with Crippen LogP contribution in [0, 0.1) is 5.41 Å². The Bertz CT molecular complexity index is 618. The molecule has 26 heavy (non-hydrogen) atoms. The molecule has 1 aromatic rings.